The summed E-state index contributed by atoms with van der Waals surface area (Å²) < 4.78 is 2.91. The monoisotopic (exact) mass is 342 g/mol. The molecule has 0 fully saturated rings. The van der Waals surface area contributed by atoms with E-state index in [1.165, 1.54) is 4.57 Å². The summed E-state index contributed by atoms with van der Waals surface area (Å²) in [6.07, 6.45) is 0. The zero-order valence-electron chi connectivity index (χ0n) is 14.4. The third-order valence-corrected chi connectivity index (χ3v) is 4.49. The molecule has 0 aliphatic heterocycles. The maximum Gasteiger partial charge on any atom is 0.336 e. The Balaban J connectivity index is 2.03. The van der Waals surface area contributed by atoms with Crippen molar-refractivity contribution in [3.05, 3.63) is 111 Å². The molecule has 4 heteroatoms. The quantitative estimate of drug-likeness (QED) is 0.572. The van der Waals surface area contributed by atoms with Crippen LogP contribution in [-0.2, 0) is 6.54 Å². The van der Waals surface area contributed by atoms with E-state index in [9.17, 15) is 9.59 Å². The number of aryl methyl sites for hydroxylation is 1. The van der Waals surface area contributed by atoms with Crippen molar-refractivity contribution in [3.63, 3.8) is 0 Å². The lowest BCUT2D eigenvalue weighted by atomic mass is 10.1. The zero-order valence-corrected chi connectivity index (χ0v) is 14.4. The standard InChI is InChI=1S/C22H18N2O2/c1-16-8-7-9-17(14-16)15-23-20-13-6-5-12-19(20)21(25)24(22(23)26)18-10-3-2-4-11-18/h2-14H,15H2,1H3. The number of fused-ring (bicyclic) bond motifs is 1. The van der Waals surface area contributed by atoms with Crippen molar-refractivity contribution >= 4 is 10.9 Å². The first-order valence-corrected chi connectivity index (χ1v) is 8.51. The zero-order chi connectivity index (χ0) is 18.1. The van der Waals surface area contributed by atoms with Gasteiger partial charge in [0.05, 0.1) is 23.1 Å². The summed E-state index contributed by atoms with van der Waals surface area (Å²) in [6, 6.07) is 24.4. The van der Waals surface area contributed by atoms with Crippen LogP contribution in [0.3, 0.4) is 0 Å². The normalized spacial score (nSPS) is 11.0. The first-order chi connectivity index (χ1) is 12.6. The van der Waals surface area contributed by atoms with Gasteiger partial charge in [0.25, 0.3) is 5.56 Å². The largest absolute Gasteiger partial charge is 0.336 e. The summed E-state index contributed by atoms with van der Waals surface area (Å²) in [7, 11) is 0. The van der Waals surface area contributed by atoms with Gasteiger partial charge in [-0.05, 0) is 36.8 Å². The lowest BCUT2D eigenvalue weighted by molar-refractivity contribution is 0.714. The average molecular weight is 342 g/mol. The summed E-state index contributed by atoms with van der Waals surface area (Å²) in [6.45, 7) is 2.43. The molecule has 4 nitrogen and oxygen atoms in total. The maximum atomic E-state index is 13.2. The van der Waals surface area contributed by atoms with E-state index < -0.39 is 0 Å². The molecule has 128 valence electrons. The van der Waals surface area contributed by atoms with Crippen LogP contribution in [0.25, 0.3) is 16.6 Å². The Morgan fingerprint density at radius 2 is 1.54 bits per heavy atom. The fourth-order valence-electron chi connectivity index (χ4n) is 3.27. The summed E-state index contributed by atoms with van der Waals surface area (Å²) in [5.41, 5.74) is 2.76. The molecule has 4 aromatic rings. The van der Waals surface area contributed by atoms with Crippen LogP contribution in [-0.4, -0.2) is 9.13 Å². The molecule has 0 saturated heterocycles. The minimum absolute atomic E-state index is 0.294. The minimum atomic E-state index is -0.332. The Morgan fingerprint density at radius 1 is 0.808 bits per heavy atom. The van der Waals surface area contributed by atoms with Crippen LogP contribution in [0.15, 0.2) is 88.5 Å². The average Bonchev–Trinajstić information content (AvgIpc) is 2.66. The van der Waals surface area contributed by atoms with E-state index in [1.54, 1.807) is 22.8 Å². The fourth-order valence-corrected chi connectivity index (χ4v) is 3.27. The van der Waals surface area contributed by atoms with Gasteiger partial charge in [-0.2, -0.15) is 0 Å². The number of rotatable bonds is 3. The Bertz CT molecular complexity index is 1200. The molecule has 26 heavy (non-hydrogen) atoms. The van der Waals surface area contributed by atoms with Gasteiger partial charge in [0.2, 0.25) is 0 Å². The summed E-state index contributed by atoms with van der Waals surface area (Å²) >= 11 is 0. The Morgan fingerprint density at radius 3 is 2.31 bits per heavy atom. The molecular weight excluding hydrogens is 324 g/mol. The molecular formula is C22H18N2O2. The van der Waals surface area contributed by atoms with Gasteiger partial charge in [0.1, 0.15) is 0 Å². The van der Waals surface area contributed by atoms with E-state index in [1.807, 2.05) is 61.5 Å². The molecule has 0 aliphatic rings. The van der Waals surface area contributed by atoms with Crippen molar-refractivity contribution in [2.45, 2.75) is 13.5 Å². The van der Waals surface area contributed by atoms with Crippen molar-refractivity contribution in [1.29, 1.82) is 0 Å². The number of benzene rings is 3. The first kappa shape index (κ1) is 16.1. The van der Waals surface area contributed by atoms with Gasteiger partial charge in [-0.3, -0.25) is 9.36 Å². The van der Waals surface area contributed by atoms with Crippen LogP contribution in [0.1, 0.15) is 11.1 Å². The highest BCUT2D eigenvalue weighted by Crippen LogP contribution is 2.13. The number of hydrogen-bond donors (Lipinski definition) is 0. The second kappa shape index (κ2) is 6.48. The molecule has 1 aromatic heterocycles. The molecule has 0 bridgehead atoms. The maximum absolute atomic E-state index is 13.2. The number of para-hydroxylation sites is 2. The van der Waals surface area contributed by atoms with E-state index >= 15 is 0 Å². The molecule has 0 unspecified atom stereocenters. The van der Waals surface area contributed by atoms with Gasteiger partial charge in [-0.15, -0.1) is 0 Å². The van der Waals surface area contributed by atoms with Crippen molar-refractivity contribution in [3.8, 4) is 5.69 Å². The van der Waals surface area contributed by atoms with Crippen LogP contribution in [0.2, 0.25) is 0 Å². The van der Waals surface area contributed by atoms with Crippen LogP contribution < -0.4 is 11.2 Å². The predicted octanol–water partition coefficient (Wildman–Crippen LogP) is 3.51. The molecule has 0 N–H and O–H groups in total. The van der Waals surface area contributed by atoms with Crippen molar-refractivity contribution in [2.75, 3.05) is 0 Å². The SMILES string of the molecule is Cc1cccc(Cn2c(=O)n(-c3ccccc3)c(=O)c3ccccc32)c1. The van der Waals surface area contributed by atoms with Crippen molar-refractivity contribution in [1.82, 2.24) is 9.13 Å². The van der Waals surface area contributed by atoms with Gasteiger partial charge in [-0.25, -0.2) is 9.36 Å². The van der Waals surface area contributed by atoms with E-state index in [0.29, 0.717) is 23.1 Å². The molecule has 0 spiro atoms. The molecule has 0 radical (unpaired) electrons. The minimum Gasteiger partial charge on any atom is -0.288 e. The number of aromatic nitrogens is 2. The van der Waals surface area contributed by atoms with Crippen LogP contribution >= 0.6 is 0 Å². The lowest BCUT2D eigenvalue weighted by Crippen LogP contribution is -2.39. The third kappa shape index (κ3) is 2.75. The molecule has 0 atom stereocenters. The second-order valence-corrected chi connectivity index (χ2v) is 6.35. The third-order valence-electron chi connectivity index (χ3n) is 4.49. The highest BCUT2D eigenvalue weighted by atomic mass is 16.2. The molecule has 4 rings (SSSR count). The van der Waals surface area contributed by atoms with Gasteiger partial charge in [0, 0.05) is 0 Å². The Hall–Kier alpha value is -3.40. The number of nitrogens with zero attached hydrogens (tertiary/aromatic N) is 2. The smallest absolute Gasteiger partial charge is 0.288 e. The highest BCUT2D eigenvalue weighted by Gasteiger charge is 2.14. The van der Waals surface area contributed by atoms with Crippen LogP contribution in [0.4, 0.5) is 0 Å². The summed E-state index contributed by atoms with van der Waals surface area (Å²) in [5, 5.41) is 0.531. The molecule has 0 saturated carbocycles. The van der Waals surface area contributed by atoms with Crippen LogP contribution in [0, 0.1) is 6.92 Å². The molecule has 1 heterocycles. The van der Waals surface area contributed by atoms with E-state index in [0.717, 1.165) is 11.1 Å². The molecule has 0 amide bonds. The van der Waals surface area contributed by atoms with Crippen molar-refractivity contribution < 1.29 is 0 Å². The molecule has 0 aliphatic carbocycles. The number of hydrogen-bond acceptors (Lipinski definition) is 2. The van der Waals surface area contributed by atoms with E-state index in [-0.39, 0.29) is 11.2 Å². The highest BCUT2D eigenvalue weighted by molar-refractivity contribution is 5.78. The molecule has 3 aromatic carbocycles. The van der Waals surface area contributed by atoms with E-state index in [4.69, 9.17) is 0 Å². The fraction of sp³-hybridized carbons (Fsp3) is 0.0909. The Labute approximate surface area is 150 Å². The Kier molecular flexibility index (Phi) is 4.01. The second-order valence-electron chi connectivity index (χ2n) is 6.35. The summed E-state index contributed by atoms with van der Waals surface area (Å²) in [5.74, 6) is 0. The topological polar surface area (TPSA) is 44.0 Å². The lowest BCUT2D eigenvalue weighted by Gasteiger charge is -2.14. The van der Waals surface area contributed by atoms with E-state index in [2.05, 4.69) is 6.07 Å². The summed E-state index contributed by atoms with van der Waals surface area (Å²) in [4.78, 5) is 26.2. The first-order valence-electron chi connectivity index (χ1n) is 8.51. The van der Waals surface area contributed by atoms with Gasteiger partial charge in [-0.1, -0.05) is 60.2 Å². The predicted molar refractivity (Wildman–Crippen MR) is 104 cm³/mol. The van der Waals surface area contributed by atoms with Gasteiger partial charge < -0.3 is 0 Å². The van der Waals surface area contributed by atoms with Gasteiger partial charge >= 0.3 is 5.69 Å². The van der Waals surface area contributed by atoms with Crippen LogP contribution in [0.5, 0.6) is 0 Å². The van der Waals surface area contributed by atoms with Crippen molar-refractivity contribution in [2.24, 2.45) is 0 Å². The van der Waals surface area contributed by atoms with Gasteiger partial charge in [0.15, 0.2) is 0 Å².